The number of rotatable bonds is 8. The second-order valence-corrected chi connectivity index (χ2v) is 7.67. The highest BCUT2D eigenvalue weighted by Gasteiger charge is 2.16. The summed E-state index contributed by atoms with van der Waals surface area (Å²) in [4.78, 5) is 1.88. The van der Waals surface area contributed by atoms with Crippen LogP contribution < -0.4 is 15.5 Å². The normalized spacial score (nSPS) is 12.2. The molecule has 0 heterocycles. The lowest BCUT2D eigenvalue weighted by atomic mass is 10.1. The number of likely N-dealkylation sites (N-methyl/N-ethyl adjacent to an activating group) is 1. The Hall–Kier alpha value is -1.70. The van der Waals surface area contributed by atoms with Crippen molar-refractivity contribution < 1.29 is 13.7 Å². The van der Waals surface area contributed by atoms with Gasteiger partial charge in [0.2, 0.25) is 0 Å². The summed E-state index contributed by atoms with van der Waals surface area (Å²) in [6.07, 6.45) is 0.957. The van der Waals surface area contributed by atoms with E-state index in [0.29, 0.717) is 27.8 Å². The van der Waals surface area contributed by atoms with Crippen molar-refractivity contribution in [2.45, 2.75) is 23.1 Å². The molecule has 7 heteroatoms. The molecule has 1 atom stereocenters. The SMILES string of the molecule is C[NH+](C)[C@@H](CNC(=S)Nc1ccc(SC(F)F)cc1)Cc1ccccc1. The van der Waals surface area contributed by atoms with Gasteiger partial charge in [0.05, 0.1) is 20.6 Å². The van der Waals surface area contributed by atoms with Crippen LogP contribution in [0.25, 0.3) is 0 Å². The van der Waals surface area contributed by atoms with Gasteiger partial charge in [0.1, 0.15) is 6.04 Å². The van der Waals surface area contributed by atoms with Crippen molar-refractivity contribution in [2.24, 2.45) is 0 Å². The van der Waals surface area contributed by atoms with Crippen molar-refractivity contribution in [3.05, 3.63) is 60.2 Å². The van der Waals surface area contributed by atoms with Crippen molar-refractivity contribution >= 4 is 34.8 Å². The Morgan fingerprint density at radius 1 is 1.08 bits per heavy atom. The first-order chi connectivity index (χ1) is 12.4. The van der Waals surface area contributed by atoms with E-state index in [1.54, 1.807) is 24.3 Å². The number of halogens is 2. The Labute approximate surface area is 163 Å². The third-order valence-corrected chi connectivity index (χ3v) is 4.96. The molecule has 0 aliphatic carbocycles. The Bertz CT molecular complexity index is 679. The third kappa shape index (κ3) is 7.27. The van der Waals surface area contributed by atoms with E-state index in [0.717, 1.165) is 18.7 Å². The van der Waals surface area contributed by atoms with Crippen LogP contribution in [-0.4, -0.2) is 37.6 Å². The van der Waals surface area contributed by atoms with Crippen LogP contribution in [0.3, 0.4) is 0 Å². The first kappa shape index (κ1) is 20.6. The van der Waals surface area contributed by atoms with E-state index in [1.165, 1.54) is 10.5 Å². The van der Waals surface area contributed by atoms with Crippen molar-refractivity contribution in [3.8, 4) is 0 Å². The van der Waals surface area contributed by atoms with Crippen molar-refractivity contribution in [3.63, 3.8) is 0 Å². The first-order valence-electron chi connectivity index (χ1n) is 8.37. The molecule has 0 radical (unpaired) electrons. The molecule has 2 aromatic rings. The summed E-state index contributed by atoms with van der Waals surface area (Å²) < 4.78 is 24.7. The van der Waals surface area contributed by atoms with E-state index in [2.05, 4.69) is 36.9 Å². The second-order valence-electron chi connectivity index (χ2n) is 6.20. The molecule has 0 amide bonds. The van der Waals surface area contributed by atoms with Crippen LogP contribution in [0.2, 0.25) is 0 Å². The topological polar surface area (TPSA) is 28.5 Å². The molecule has 26 heavy (non-hydrogen) atoms. The maximum absolute atomic E-state index is 12.3. The molecule has 0 unspecified atom stereocenters. The van der Waals surface area contributed by atoms with Crippen LogP contribution in [0.15, 0.2) is 59.5 Å². The van der Waals surface area contributed by atoms with Gasteiger partial charge < -0.3 is 15.5 Å². The van der Waals surface area contributed by atoms with Crippen molar-refractivity contribution in [1.82, 2.24) is 5.32 Å². The molecular weight excluding hydrogens is 372 g/mol. The molecule has 3 N–H and O–H groups in total. The third-order valence-electron chi connectivity index (χ3n) is 3.99. The van der Waals surface area contributed by atoms with Gasteiger partial charge in [0, 0.05) is 17.0 Å². The Morgan fingerprint density at radius 2 is 1.73 bits per heavy atom. The fourth-order valence-corrected chi connectivity index (χ4v) is 3.19. The average Bonchev–Trinajstić information content (AvgIpc) is 2.60. The molecular formula is C19H24F2N3S2+. The summed E-state index contributed by atoms with van der Waals surface area (Å²) in [5, 5.41) is 6.88. The standard InChI is InChI=1S/C19H23F2N3S2/c1-24(2)16(12-14-6-4-3-5-7-14)13-22-19(25)23-15-8-10-17(11-9-15)26-18(20)21/h3-11,16,18H,12-13H2,1-2H3,(H2,22,23,25)/p+1/t16-/m1/s1. The van der Waals surface area contributed by atoms with Crippen molar-refractivity contribution in [2.75, 3.05) is 26.0 Å². The number of anilines is 1. The van der Waals surface area contributed by atoms with E-state index in [1.807, 2.05) is 18.2 Å². The number of alkyl halides is 2. The summed E-state index contributed by atoms with van der Waals surface area (Å²) in [7, 11) is 4.26. The molecule has 0 bridgehead atoms. The van der Waals surface area contributed by atoms with Gasteiger partial charge in [0.25, 0.3) is 5.76 Å². The molecule has 3 nitrogen and oxygen atoms in total. The number of thiocarbonyl (C=S) groups is 1. The molecule has 0 saturated carbocycles. The van der Waals surface area contributed by atoms with Gasteiger partial charge in [-0.2, -0.15) is 8.78 Å². The summed E-state index contributed by atoms with van der Waals surface area (Å²) >= 11 is 5.88. The second kappa shape index (κ2) is 10.4. The maximum Gasteiger partial charge on any atom is 0.288 e. The van der Waals surface area contributed by atoms with Gasteiger partial charge in [0.15, 0.2) is 5.11 Å². The van der Waals surface area contributed by atoms with Gasteiger partial charge in [-0.3, -0.25) is 0 Å². The van der Waals surface area contributed by atoms with Gasteiger partial charge in [-0.1, -0.05) is 42.1 Å². The highest BCUT2D eigenvalue weighted by molar-refractivity contribution is 7.99. The zero-order valence-electron chi connectivity index (χ0n) is 14.8. The minimum absolute atomic E-state index is 0.377. The van der Waals surface area contributed by atoms with E-state index in [4.69, 9.17) is 12.2 Å². The summed E-state index contributed by atoms with van der Waals surface area (Å²) in [5.74, 6) is -2.41. The number of hydrogen-bond donors (Lipinski definition) is 3. The minimum Gasteiger partial charge on any atom is -0.356 e. The molecule has 0 saturated heterocycles. The number of hydrogen-bond acceptors (Lipinski definition) is 2. The molecule has 0 aromatic heterocycles. The van der Waals surface area contributed by atoms with Gasteiger partial charge in [-0.05, 0) is 42.0 Å². The van der Waals surface area contributed by atoms with E-state index < -0.39 is 5.76 Å². The maximum atomic E-state index is 12.3. The molecule has 0 aliphatic heterocycles. The highest BCUT2D eigenvalue weighted by Crippen LogP contribution is 2.26. The van der Waals surface area contributed by atoms with Gasteiger partial charge in [-0.15, -0.1) is 0 Å². The van der Waals surface area contributed by atoms with Crippen LogP contribution >= 0.6 is 24.0 Å². The number of thioether (sulfide) groups is 1. The smallest absolute Gasteiger partial charge is 0.288 e. The zero-order valence-corrected chi connectivity index (χ0v) is 16.5. The summed E-state index contributed by atoms with van der Waals surface area (Å²) in [5.41, 5.74) is 2.07. The quantitative estimate of drug-likeness (QED) is 0.473. The molecule has 2 rings (SSSR count). The Morgan fingerprint density at radius 3 is 2.31 bits per heavy atom. The molecule has 0 spiro atoms. The lowest BCUT2D eigenvalue weighted by Crippen LogP contribution is -3.11. The predicted octanol–water partition coefficient (Wildman–Crippen LogP) is 3.04. The molecule has 140 valence electrons. The van der Waals surface area contributed by atoms with Crippen LogP contribution in [0, 0.1) is 0 Å². The summed E-state index contributed by atoms with van der Waals surface area (Å²) in [6, 6.07) is 17.6. The molecule has 2 aromatic carbocycles. The van der Waals surface area contributed by atoms with Crippen LogP contribution in [-0.2, 0) is 6.42 Å². The van der Waals surface area contributed by atoms with Crippen LogP contribution in [0.1, 0.15) is 5.56 Å². The number of benzene rings is 2. The largest absolute Gasteiger partial charge is 0.356 e. The monoisotopic (exact) mass is 396 g/mol. The summed E-state index contributed by atoms with van der Waals surface area (Å²) in [6.45, 7) is 0.738. The van der Waals surface area contributed by atoms with Crippen molar-refractivity contribution in [1.29, 1.82) is 0 Å². The van der Waals surface area contributed by atoms with Gasteiger partial charge in [-0.25, -0.2) is 0 Å². The fourth-order valence-electron chi connectivity index (χ4n) is 2.49. The average molecular weight is 397 g/mol. The van der Waals surface area contributed by atoms with E-state index in [9.17, 15) is 8.78 Å². The fraction of sp³-hybridized carbons (Fsp3) is 0.316. The number of nitrogens with one attached hydrogen (secondary N) is 3. The lowest BCUT2D eigenvalue weighted by molar-refractivity contribution is -0.884. The zero-order chi connectivity index (χ0) is 18.9. The Kier molecular flexibility index (Phi) is 8.28. The van der Waals surface area contributed by atoms with Crippen LogP contribution in [0.4, 0.5) is 14.5 Å². The molecule has 0 aliphatic rings. The van der Waals surface area contributed by atoms with Gasteiger partial charge >= 0.3 is 0 Å². The minimum atomic E-state index is -2.41. The first-order valence-corrected chi connectivity index (χ1v) is 9.66. The predicted molar refractivity (Wildman–Crippen MR) is 109 cm³/mol. The van der Waals surface area contributed by atoms with Crippen LogP contribution in [0.5, 0.6) is 0 Å². The Balaban J connectivity index is 1.84. The lowest BCUT2D eigenvalue weighted by Gasteiger charge is -2.23. The van der Waals surface area contributed by atoms with E-state index >= 15 is 0 Å². The molecule has 0 fully saturated rings. The number of quaternary nitrogens is 1. The highest BCUT2D eigenvalue weighted by atomic mass is 32.2. The van der Waals surface area contributed by atoms with E-state index in [-0.39, 0.29) is 0 Å².